The van der Waals surface area contributed by atoms with Crippen molar-refractivity contribution >= 4 is 33.3 Å². The van der Waals surface area contributed by atoms with E-state index in [0.717, 1.165) is 6.07 Å². The van der Waals surface area contributed by atoms with Crippen LogP contribution in [0.3, 0.4) is 0 Å². The Bertz CT molecular complexity index is 785. The van der Waals surface area contributed by atoms with E-state index in [1.807, 2.05) is 0 Å². The molecule has 8 heteroatoms. The first-order valence-corrected chi connectivity index (χ1v) is 7.64. The molecule has 110 valence electrons. The van der Waals surface area contributed by atoms with Crippen molar-refractivity contribution in [2.45, 2.75) is 11.8 Å². The molecule has 0 fully saturated rings. The number of anilines is 1. The van der Waals surface area contributed by atoms with Gasteiger partial charge in [0.1, 0.15) is 0 Å². The number of hydrogen-bond donors (Lipinski definition) is 2. The first-order valence-electron chi connectivity index (χ1n) is 5.78. The smallest absolute Gasteiger partial charge is 0.335 e. The number of aromatic nitrogens is 1. The molecule has 1 aromatic heterocycles. The van der Waals surface area contributed by atoms with Crippen molar-refractivity contribution in [2.24, 2.45) is 0 Å². The van der Waals surface area contributed by atoms with Crippen LogP contribution in [-0.2, 0) is 10.0 Å². The highest BCUT2D eigenvalue weighted by Crippen LogP contribution is 2.26. The number of pyridine rings is 1. The minimum atomic E-state index is -3.95. The zero-order chi connectivity index (χ0) is 15.6. The van der Waals surface area contributed by atoms with Crippen LogP contribution in [0.25, 0.3) is 0 Å². The third-order valence-electron chi connectivity index (χ3n) is 2.74. The molecule has 6 nitrogen and oxygen atoms in total. The molecule has 0 aliphatic heterocycles. The lowest BCUT2D eigenvalue weighted by molar-refractivity contribution is 0.0696. The number of nitrogens with one attached hydrogen (secondary N) is 1. The van der Waals surface area contributed by atoms with E-state index < -0.39 is 16.0 Å². The molecule has 0 atom stereocenters. The Morgan fingerprint density at radius 2 is 2.05 bits per heavy atom. The van der Waals surface area contributed by atoms with Gasteiger partial charge in [-0.25, -0.2) is 18.2 Å². The number of sulfonamides is 1. The fourth-order valence-corrected chi connectivity index (χ4v) is 3.13. The predicted molar refractivity (Wildman–Crippen MR) is 78.2 cm³/mol. The van der Waals surface area contributed by atoms with Gasteiger partial charge in [0, 0.05) is 6.20 Å². The summed E-state index contributed by atoms with van der Waals surface area (Å²) in [6, 6.07) is 6.65. The van der Waals surface area contributed by atoms with E-state index in [2.05, 4.69) is 9.71 Å². The number of aryl methyl sites for hydroxylation is 1. The van der Waals surface area contributed by atoms with Crippen molar-refractivity contribution in [3.63, 3.8) is 0 Å². The molecule has 2 N–H and O–H groups in total. The van der Waals surface area contributed by atoms with Gasteiger partial charge in [-0.2, -0.15) is 0 Å². The molecule has 0 aliphatic carbocycles. The summed E-state index contributed by atoms with van der Waals surface area (Å²) in [7, 11) is -3.95. The zero-order valence-electron chi connectivity index (χ0n) is 10.9. The van der Waals surface area contributed by atoms with Gasteiger partial charge in [-0.15, -0.1) is 0 Å². The van der Waals surface area contributed by atoms with Crippen molar-refractivity contribution in [1.29, 1.82) is 0 Å². The molecule has 2 aromatic rings. The largest absolute Gasteiger partial charge is 0.478 e. The number of nitrogens with zero attached hydrogens (tertiary/aromatic N) is 1. The lowest BCUT2D eigenvalue weighted by Crippen LogP contribution is -2.15. The molecule has 0 radical (unpaired) electrons. The van der Waals surface area contributed by atoms with Crippen LogP contribution in [0.15, 0.2) is 41.4 Å². The summed E-state index contributed by atoms with van der Waals surface area (Å²) < 4.78 is 26.9. The van der Waals surface area contributed by atoms with E-state index >= 15 is 0 Å². The fraction of sp³-hybridized carbons (Fsp3) is 0.0769. The molecule has 0 spiro atoms. The van der Waals surface area contributed by atoms with Crippen LogP contribution in [0.1, 0.15) is 15.9 Å². The van der Waals surface area contributed by atoms with Crippen molar-refractivity contribution in [3.05, 3.63) is 52.8 Å². The summed E-state index contributed by atoms with van der Waals surface area (Å²) in [6.07, 6.45) is 1.46. The van der Waals surface area contributed by atoms with E-state index in [4.69, 9.17) is 16.7 Å². The van der Waals surface area contributed by atoms with Crippen molar-refractivity contribution in [1.82, 2.24) is 4.98 Å². The zero-order valence-corrected chi connectivity index (χ0v) is 12.4. The average Bonchev–Trinajstić information content (AvgIpc) is 2.43. The number of aromatic carboxylic acids is 1. The number of carboxylic acid groups (broad SMARTS) is 1. The number of rotatable bonds is 4. The SMILES string of the molecule is Cc1ccnc(Cl)c1NS(=O)(=O)c1cccc(C(=O)O)c1. The van der Waals surface area contributed by atoms with E-state index in [1.165, 1.54) is 24.4 Å². The minimum absolute atomic E-state index is 0.0213. The fourth-order valence-electron chi connectivity index (χ4n) is 1.64. The molecule has 1 heterocycles. The summed E-state index contributed by atoms with van der Waals surface area (Å²) in [6.45, 7) is 1.68. The molecule has 0 saturated heterocycles. The van der Waals surface area contributed by atoms with Gasteiger partial charge in [-0.05, 0) is 36.8 Å². The maximum Gasteiger partial charge on any atom is 0.335 e. The second-order valence-corrected chi connectivity index (χ2v) is 6.27. The predicted octanol–water partition coefficient (Wildman–Crippen LogP) is 2.54. The molecule has 0 aliphatic rings. The van der Waals surface area contributed by atoms with Crippen LogP contribution in [0.4, 0.5) is 5.69 Å². The molecule has 1 aromatic carbocycles. The van der Waals surface area contributed by atoms with Crippen LogP contribution in [-0.4, -0.2) is 24.5 Å². The third kappa shape index (κ3) is 3.32. The highest BCUT2D eigenvalue weighted by molar-refractivity contribution is 7.92. The second-order valence-electron chi connectivity index (χ2n) is 4.23. The Morgan fingerprint density at radius 3 is 2.67 bits per heavy atom. The molecule has 0 bridgehead atoms. The molecular weight excluding hydrogens is 316 g/mol. The number of carbonyl (C=O) groups is 1. The van der Waals surface area contributed by atoms with Gasteiger partial charge in [-0.1, -0.05) is 17.7 Å². The van der Waals surface area contributed by atoms with Gasteiger partial charge >= 0.3 is 5.97 Å². The quantitative estimate of drug-likeness (QED) is 0.842. The molecule has 2 rings (SSSR count). The molecule has 0 saturated carbocycles. The number of carboxylic acids is 1. The molecule has 0 amide bonds. The lowest BCUT2D eigenvalue weighted by Gasteiger charge is -2.11. The maximum absolute atomic E-state index is 12.3. The maximum atomic E-state index is 12.3. The second kappa shape index (κ2) is 5.71. The average molecular weight is 327 g/mol. The monoisotopic (exact) mass is 326 g/mol. The van der Waals surface area contributed by atoms with Gasteiger partial charge < -0.3 is 5.11 Å². The van der Waals surface area contributed by atoms with E-state index in [-0.39, 0.29) is 21.3 Å². The number of benzene rings is 1. The van der Waals surface area contributed by atoms with Crippen LogP contribution in [0.2, 0.25) is 5.15 Å². The van der Waals surface area contributed by atoms with Crippen LogP contribution in [0, 0.1) is 6.92 Å². The van der Waals surface area contributed by atoms with Gasteiger partial charge in [0.2, 0.25) is 0 Å². The van der Waals surface area contributed by atoms with Crippen LogP contribution in [0.5, 0.6) is 0 Å². The van der Waals surface area contributed by atoms with Gasteiger partial charge in [0.05, 0.1) is 16.1 Å². The topological polar surface area (TPSA) is 96.4 Å². The van der Waals surface area contributed by atoms with Gasteiger partial charge in [0.25, 0.3) is 10.0 Å². The molecule has 0 unspecified atom stereocenters. The highest BCUT2D eigenvalue weighted by Gasteiger charge is 2.19. The van der Waals surface area contributed by atoms with E-state index in [9.17, 15) is 13.2 Å². The number of hydrogen-bond acceptors (Lipinski definition) is 4. The number of halogens is 1. The molecular formula is C13H11ClN2O4S. The van der Waals surface area contributed by atoms with E-state index in [0.29, 0.717) is 5.56 Å². The third-order valence-corrected chi connectivity index (χ3v) is 4.37. The summed E-state index contributed by atoms with van der Waals surface area (Å²) in [5.74, 6) is -1.21. The lowest BCUT2D eigenvalue weighted by atomic mass is 10.2. The normalized spacial score (nSPS) is 11.1. The van der Waals surface area contributed by atoms with Crippen LogP contribution >= 0.6 is 11.6 Å². The summed E-state index contributed by atoms with van der Waals surface area (Å²) in [5.41, 5.74) is 0.653. The summed E-state index contributed by atoms with van der Waals surface area (Å²) >= 11 is 5.87. The van der Waals surface area contributed by atoms with Gasteiger partial charge in [-0.3, -0.25) is 4.72 Å². The van der Waals surface area contributed by atoms with Crippen molar-refractivity contribution in [3.8, 4) is 0 Å². The Hall–Kier alpha value is -2.12. The standard InChI is InChI=1S/C13H11ClN2O4S/c1-8-5-6-15-12(14)11(8)16-21(19,20)10-4-2-3-9(7-10)13(17)18/h2-7,16H,1H3,(H,17,18). The Morgan fingerprint density at radius 1 is 1.33 bits per heavy atom. The minimum Gasteiger partial charge on any atom is -0.478 e. The highest BCUT2D eigenvalue weighted by atomic mass is 35.5. The first-order chi connectivity index (χ1) is 9.81. The Balaban J connectivity index is 2.44. The summed E-state index contributed by atoms with van der Waals surface area (Å²) in [5, 5.41) is 8.93. The Kier molecular flexibility index (Phi) is 4.15. The molecule has 21 heavy (non-hydrogen) atoms. The Labute approximate surface area is 126 Å². The first kappa shape index (κ1) is 15.3. The summed E-state index contributed by atoms with van der Waals surface area (Å²) in [4.78, 5) is 14.5. The van der Waals surface area contributed by atoms with E-state index in [1.54, 1.807) is 13.0 Å². The van der Waals surface area contributed by atoms with Crippen molar-refractivity contribution in [2.75, 3.05) is 4.72 Å². The van der Waals surface area contributed by atoms with Crippen molar-refractivity contribution < 1.29 is 18.3 Å². The van der Waals surface area contributed by atoms with Crippen LogP contribution < -0.4 is 4.72 Å². The van der Waals surface area contributed by atoms with Gasteiger partial charge in [0.15, 0.2) is 5.15 Å².